The van der Waals surface area contributed by atoms with E-state index in [9.17, 15) is 0 Å². The van der Waals surface area contributed by atoms with E-state index in [4.69, 9.17) is 4.99 Å². The Morgan fingerprint density at radius 1 is 1.07 bits per heavy atom. The van der Waals surface area contributed by atoms with E-state index in [0.29, 0.717) is 6.04 Å². The molecule has 1 aliphatic heterocycles. The highest BCUT2D eigenvalue weighted by Gasteiger charge is 2.23. The maximum Gasteiger partial charge on any atom is 0.198 e. The van der Waals surface area contributed by atoms with Crippen LogP contribution in [0.5, 0.6) is 0 Å². The Balaban J connectivity index is 1.40. The number of aromatic nitrogens is 3. The fourth-order valence-corrected chi connectivity index (χ4v) is 5.12. The van der Waals surface area contributed by atoms with Crippen LogP contribution in [0.1, 0.15) is 63.2 Å². The molecule has 162 valence electrons. The summed E-state index contributed by atoms with van der Waals surface area (Å²) >= 11 is 1.71. The number of aliphatic imine (C=N–C) groups is 1. The lowest BCUT2D eigenvalue weighted by Crippen LogP contribution is -2.40. The average molecular weight is 427 g/mol. The molecule has 1 aromatic heterocycles. The molecule has 0 amide bonds. The molecule has 1 saturated heterocycles. The van der Waals surface area contributed by atoms with Crippen molar-refractivity contribution in [1.82, 2.24) is 19.7 Å². The van der Waals surface area contributed by atoms with Crippen molar-refractivity contribution < 1.29 is 0 Å². The van der Waals surface area contributed by atoms with Gasteiger partial charge in [-0.1, -0.05) is 42.8 Å². The Morgan fingerprint density at radius 2 is 1.83 bits per heavy atom. The first-order valence-corrected chi connectivity index (χ1v) is 12.7. The van der Waals surface area contributed by atoms with E-state index >= 15 is 0 Å². The Hall–Kier alpha value is -2.02. The van der Waals surface area contributed by atoms with Crippen molar-refractivity contribution in [2.24, 2.45) is 4.99 Å². The molecule has 2 aromatic rings. The summed E-state index contributed by atoms with van der Waals surface area (Å²) in [5.74, 6) is 2.15. The zero-order chi connectivity index (χ0) is 20.6. The zero-order valence-electron chi connectivity index (χ0n) is 18.1. The van der Waals surface area contributed by atoms with E-state index in [-0.39, 0.29) is 0 Å². The van der Waals surface area contributed by atoms with Crippen LogP contribution in [0.4, 0.5) is 5.69 Å². The van der Waals surface area contributed by atoms with Gasteiger partial charge in [0.1, 0.15) is 5.82 Å². The molecule has 6 nitrogen and oxygen atoms in total. The standard InChI is InChI=1S/C23H34N6S/c1-30-23-27-26-21(29(23)20-13-6-7-14-20)15-10-16-24-22(28-17-8-3-9-18-28)25-19-11-4-2-5-12-19/h2,4-5,11-12,20H,3,6-10,13-18H2,1H3,(H,24,25). The molecule has 0 atom stereocenters. The number of guanidine groups is 1. The minimum absolute atomic E-state index is 0.588. The molecule has 0 unspecified atom stereocenters. The van der Waals surface area contributed by atoms with Crippen LogP contribution in [0.3, 0.4) is 0 Å². The largest absolute Gasteiger partial charge is 0.343 e. The van der Waals surface area contributed by atoms with Gasteiger partial charge in [0.2, 0.25) is 0 Å². The van der Waals surface area contributed by atoms with Gasteiger partial charge in [0.05, 0.1) is 0 Å². The third-order valence-electron chi connectivity index (χ3n) is 6.11. The lowest BCUT2D eigenvalue weighted by atomic mass is 10.1. The molecule has 1 saturated carbocycles. The molecule has 7 heteroatoms. The number of aryl methyl sites for hydroxylation is 1. The smallest absolute Gasteiger partial charge is 0.198 e. The predicted octanol–water partition coefficient (Wildman–Crippen LogP) is 5.00. The summed E-state index contributed by atoms with van der Waals surface area (Å²) in [6.07, 6.45) is 13.0. The number of nitrogens with one attached hydrogen (secondary N) is 1. The number of anilines is 1. The van der Waals surface area contributed by atoms with E-state index in [0.717, 1.165) is 55.1 Å². The number of hydrogen-bond donors (Lipinski definition) is 1. The molecule has 0 spiro atoms. The van der Waals surface area contributed by atoms with Gasteiger partial charge in [-0.3, -0.25) is 4.99 Å². The maximum absolute atomic E-state index is 4.98. The van der Waals surface area contributed by atoms with Crippen LogP contribution in [0, 0.1) is 0 Å². The quantitative estimate of drug-likeness (QED) is 0.292. The highest BCUT2D eigenvalue weighted by molar-refractivity contribution is 7.98. The van der Waals surface area contributed by atoms with Gasteiger partial charge >= 0.3 is 0 Å². The summed E-state index contributed by atoms with van der Waals surface area (Å²) < 4.78 is 2.41. The van der Waals surface area contributed by atoms with E-state index in [1.807, 2.05) is 6.07 Å². The lowest BCUT2D eigenvalue weighted by molar-refractivity contribution is 0.340. The monoisotopic (exact) mass is 426 g/mol. The van der Waals surface area contributed by atoms with E-state index in [1.54, 1.807) is 11.8 Å². The minimum Gasteiger partial charge on any atom is -0.343 e. The summed E-state index contributed by atoms with van der Waals surface area (Å²) in [4.78, 5) is 7.39. The number of piperidine rings is 1. The van der Waals surface area contributed by atoms with Crippen LogP contribution < -0.4 is 5.32 Å². The van der Waals surface area contributed by atoms with Crippen molar-refractivity contribution in [3.05, 3.63) is 36.2 Å². The van der Waals surface area contributed by atoms with Crippen LogP contribution in [-0.2, 0) is 6.42 Å². The molecule has 2 aliphatic rings. The van der Waals surface area contributed by atoms with Crippen molar-refractivity contribution in [2.75, 3.05) is 31.2 Å². The summed E-state index contributed by atoms with van der Waals surface area (Å²) in [5.41, 5.74) is 1.10. The molecule has 4 rings (SSSR count). The number of para-hydroxylation sites is 1. The number of nitrogens with zero attached hydrogens (tertiary/aromatic N) is 5. The number of likely N-dealkylation sites (tertiary alicyclic amines) is 1. The van der Waals surface area contributed by atoms with Crippen molar-refractivity contribution in [1.29, 1.82) is 0 Å². The molecule has 2 fully saturated rings. The molecule has 0 radical (unpaired) electrons. The summed E-state index contributed by atoms with van der Waals surface area (Å²) in [6, 6.07) is 11.0. The van der Waals surface area contributed by atoms with Crippen LogP contribution in [0.15, 0.2) is 40.5 Å². The molecule has 1 aliphatic carbocycles. The SMILES string of the molecule is CSc1nnc(CCCN=C(Nc2ccccc2)N2CCCCC2)n1C1CCCC1. The van der Waals surface area contributed by atoms with Crippen molar-refractivity contribution in [2.45, 2.75) is 69.0 Å². The first kappa shape index (κ1) is 21.2. The fraction of sp³-hybridized carbons (Fsp3) is 0.609. The maximum atomic E-state index is 4.98. The molecular formula is C23H34N6S. The molecular weight excluding hydrogens is 392 g/mol. The van der Waals surface area contributed by atoms with Gasteiger partial charge in [0.25, 0.3) is 0 Å². The lowest BCUT2D eigenvalue weighted by Gasteiger charge is -2.30. The van der Waals surface area contributed by atoms with Crippen LogP contribution in [0.25, 0.3) is 0 Å². The van der Waals surface area contributed by atoms with Crippen molar-refractivity contribution in [3.63, 3.8) is 0 Å². The normalized spacial score (nSPS) is 18.2. The van der Waals surface area contributed by atoms with Crippen LogP contribution in [0.2, 0.25) is 0 Å². The summed E-state index contributed by atoms with van der Waals surface area (Å²) in [5, 5.41) is 13.6. The topological polar surface area (TPSA) is 58.3 Å². The van der Waals surface area contributed by atoms with Gasteiger partial charge in [-0.2, -0.15) is 0 Å². The molecule has 1 N–H and O–H groups in total. The van der Waals surface area contributed by atoms with E-state index in [2.05, 4.69) is 55.5 Å². The second kappa shape index (κ2) is 10.8. The van der Waals surface area contributed by atoms with E-state index < -0.39 is 0 Å². The first-order valence-electron chi connectivity index (χ1n) is 11.4. The van der Waals surface area contributed by atoms with E-state index in [1.165, 1.54) is 44.9 Å². The molecule has 2 heterocycles. The summed E-state index contributed by atoms with van der Waals surface area (Å²) in [7, 11) is 0. The van der Waals surface area contributed by atoms with Crippen LogP contribution in [-0.4, -0.2) is 51.5 Å². The Bertz CT molecular complexity index is 806. The van der Waals surface area contributed by atoms with Gasteiger partial charge in [-0.25, -0.2) is 0 Å². The Labute approximate surface area is 184 Å². The van der Waals surface area contributed by atoms with Crippen LogP contribution >= 0.6 is 11.8 Å². The number of benzene rings is 1. The zero-order valence-corrected chi connectivity index (χ0v) is 18.9. The van der Waals surface area contributed by atoms with Gasteiger partial charge in [0, 0.05) is 37.8 Å². The summed E-state index contributed by atoms with van der Waals surface area (Å²) in [6.45, 7) is 2.98. The second-order valence-corrected chi connectivity index (χ2v) is 9.03. The highest BCUT2D eigenvalue weighted by Crippen LogP contribution is 2.33. The Morgan fingerprint density at radius 3 is 2.57 bits per heavy atom. The van der Waals surface area contributed by atoms with Gasteiger partial charge < -0.3 is 14.8 Å². The second-order valence-electron chi connectivity index (χ2n) is 8.26. The molecule has 30 heavy (non-hydrogen) atoms. The minimum atomic E-state index is 0.588. The van der Waals surface area contributed by atoms with Crippen molar-refractivity contribution >= 4 is 23.4 Å². The Kier molecular flexibility index (Phi) is 7.67. The highest BCUT2D eigenvalue weighted by atomic mass is 32.2. The predicted molar refractivity (Wildman–Crippen MR) is 125 cm³/mol. The number of rotatable bonds is 7. The number of thioether (sulfide) groups is 1. The molecule has 1 aromatic carbocycles. The third kappa shape index (κ3) is 5.36. The van der Waals surface area contributed by atoms with Gasteiger partial charge in [-0.15, -0.1) is 10.2 Å². The van der Waals surface area contributed by atoms with Gasteiger partial charge in [-0.05, 0) is 56.9 Å². The number of hydrogen-bond acceptors (Lipinski definition) is 4. The first-order chi connectivity index (χ1) is 14.8. The van der Waals surface area contributed by atoms with Crippen molar-refractivity contribution in [3.8, 4) is 0 Å². The third-order valence-corrected chi connectivity index (χ3v) is 6.76. The molecule has 0 bridgehead atoms. The average Bonchev–Trinajstić information content (AvgIpc) is 3.46. The van der Waals surface area contributed by atoms with Gasteiger partial charge in [0.15, 0.2) is 11.1 Å². The fourth-order valence-electron chi connectivity index (χ4n) is 4.54.